The van der Waals surface area contributed by atoms with E-state index >= 15 is 0 Å². The Kier molecular flexibility index (Phi) is 4.58. The maximum atomic E-state index is 5.68. The van der Waals surface area contributed by atoms with Gasteiger partial charge in [-0.05, 0) is 38.1 Å². The van der Waals surface area contributed by atoms with Crippen LogP contribution in [0, 0.1) is 0 Å². The zero-order valence-corrected chi connectivity index (χ0v) is 11.8. The van der Waals surface area contributed by atoms with Gasteiger partial charge in [0.1, 0.15) is 5.75 Å². The minimum absolute atomic E-state index is 0.371. The second-order valence-electron chi connectivity index (χ2n) is 4.56. The molecule has 100 valence electrons. The Morgan fingerprint density at radius 1 is 1.05 bits per heavy atom. The van der Waals surface area contributed by atoms with Crippen LogP contribution in [0.2, 0.25) is 0 Å². The quantitative estimate of drug-likeness (QED) is 0.871. The van der Waals surface area contributed by atoms with Crippen LogP contribution in [0.25, 0.3) is 11.1 Å². The molecule has 0 heterocycles. The Morgan fingerprint density at radius 2 is 1.74 bits per heavy atom. The van der Waals surface area contributed by atoms with Gasteiger partial charge < -0.3 is 10.1 Å². The third-order valence-corrected chi connectivity index (χ3v) is 3.34. The van der Waals surface area contributed by atoms with E-state index in [-0.39, 0.29) is 0 Å². The third-order valence-electron chi connectivity index (χ3n) is 3.34. The zero-order chi connectivity index (χ0) is 13.7. The van der Waals surface area contributed by atoms with Crippen molar-refractivity contribution in [3.8, 4) is 16.9 Å². The van der Waals surface area contributed by atoms with E-state index in [1.54, 1.807) is 0 Å². The molecule has 19 heavy (non-hydrogen) atoms. The van der Waals surface area contributed by atoms with Crippen molar-refractivity contribution in [2.24, 2.45) is 0 Å². The monoisotopic (exact) mass is 255 g/mol. The van der Waals surface area contributed by atoms with E-state index in [1.165, 1.54) is 11.1 Å². The maximum absolute atomic E-state index is 5.68. The molecule has 0 spiro atoms. The van der Waals surface area contributed by atoms with E-state index in [0.717, 1.165) is 11.3 Å². The van der Waals surface area contributed by atoms with Crippen molar-refractivity contribution in [3.63, 3.8) is 0 Å². The van der Waals surface area contributed by atoms with Crippen LogP contribution < -0.4 is 10.1 Å². The molecule has 0 aliphatic carbocycles. The number of benzene rings is 2. The van der Waals surface area contributed by atoms with Gasteiger partial charge in [-0.25, -0.2) is 0 Å². The van der Waals surface area contributed by atoms with Gasteiger partial charge in [-0.3, -0.25) is 0 Å². The number of rotatable bonds is 5. The van der Waals surface area contributed by atoms with Gasteiger partial charge in [-0.1, -0.05) is 42.5 Å². The maximum Gasteiger partial charge on any atom is 0.127 e. The predicted molar refractivity (Wildman–Crippen MR) is 80.5 cm³/mol. The molecule has 0 aliphatic heterocycles. The van der Waals surface area contributed by atoms with Crippen LogP contribution in [0.1, 0.15) is 25.5 Å². The highest BCUT2D eigenvalue weighted by molar-refractivity contribution is 5.70. The minimum atomic E-state index is 0.371. The SMILES string of the molecule is CCOc1ccccc1-c1ccc(C(C)NC)cc1. The molecule has 0 fully saturated rings. The fourth-order valence-corrected chi connectivity index (χ4v) is 2.10. The van der Waals surface area contributed by atoms with Crippen molar-refractivity contribution < 1.29 is 4.74 Å². The number of ether oxygens (including phenoxy) is 1. The molecular weight excluding hydrogens is 234 g/mol. The molecule has 2 heteroatoms. The van der Waals surface area contributed by atoms with Crippen molar-refractivity contribution in [1.29, 1.82) is 0 Å². The second-order valence-corrected chi connectivity index (χ2v) is 4.56. The lowest BCUT2D eigenvalue weighted by atomic mass is 10.0. The molecule has 1 N–H and O–H groups in total. The lowest BCUT2D eigenvalue weighted by Crippen LogP contribution is -2.11. The van der Waals surface area contributed by atoms with E-state index < -0.39 is 0 Å². The summed E-state index contributed by atoms with van der Waals surface area (Å²) in [6, 6.07) is 17.2. The standard InChI is InChI=1S/C17H21NO/c1-4-19-17-8-6-5-7-16(17)15-11-9-14(10-12-15)13(2)18-3/h5-13,18H,4H2,1-3H3. The highest BCUT2D eigenvalue weighted by Gasteiger charge is 2.06. The first kappa shape index (κ1) is 13.6. The van der Waals surface area contributed by atoms with Crippen molar-refractivity contribution in [1.82, 2.24) is 5.32 Å². The summed E-state index contributed by atoms with van der Waals surface area (Å²) in [5, 5.41) is 3.25. The van der Waals surface area contributed by atoms with Gasteiger partial charge in [-0.2, -0.15) is 0 Å². The molecule has 0 amide bonds. The number of hydrogen-bond acceptors (Lipinski definition) is 2. The molecule has 0 aliphatic rings. The average Bonchev–Trinajstić information content (AvgIpc) is 2.47. The normalized spacial score (nSPS) is 12.2. The molecule has 0 saturated heterocycles. The molecule has 2 aromatic carbocycles. The van der Waals surface area contributed by atoms with Gasteiger partial charge in [0.05, 0.1) is 6.61 Å². The molecule has 2 aromatic rings. The van der Waals surface area contributed by atoms with E-state index in [1.807, 2.05) is 32.2 Å². The average molecular weight is 255 g/mol. The zero-order valence-electron chi connectivity index (χ0n) is 11.8. The second kappa shape index (κ2) is 6.39. The fraction of sp³-hybridized carbons (Fsp3) is 0.294. The molecule has 2 nitrogen and oxygen atoms in total. The largest absolute Gasteiger partial charge is 0.493 e. The summed E-state index contributed by atoms with van der Waals surface area (Å²) in [5.41, 5.74) is 3.63. The lowest BCUT2D eigenvalue weighted by molar-refractivity contribution is 0.341. The first-order valence-electron chi connectivity index (χ1n) is 6.75. The van der Waals surface area contributed by atoms with E-state index in [4.69, 9.17) is 4.74 Å². The molecule has 0 bridgehead atoms. The van der Waals surface area contributed by atoms with Crippen LogP contribution in [0.3, 0.4) is 0 Å². The number of para-hydroxylation sites is 1. The Labute approximate surface area is 115 Å². The van der Waals surface area contributed by atoms with Gasteiger partial charge in [-0.15, -0.1) is 0 Å². The van der Waals surface area contributed by atoms with E-state index in [0.29, 0.717) is 12.6 Å². The Balaban J connectivity index is 2.32. The number of nitrogens with one attached hydrogen (secondary N) is 1. The Morgan fingerprint density at radius 3 is 2.37 bits per heavy atom. The topological polar surface area (TPSA) is 21.3 Å². The molecule has 1 unspecified atom stereocenters. The molecule has 0 aromatic heterocycles. The van der Waals surface area contributed by atoms with Gasteiger partial charge in [0.25, 0.3) is 0 Å². The van der Waals surface area contributed by atoms with E-state index in [9.17, 15) is 0 Å². The third kappa shape index (κ3) is 3.15. The predicted octanol–water partition coefficient (Wildman–Crippen LogP) is 4.03. The molecule has 0 saturated carbocycles. The molecular formula is C17H21NO. The molecule has 1 atom stereocenters. The van der Waals surface area contributed by atoms with Crippen molar-refractivity contribution in [2.75, 3.05) is 13.7 Å². The minimum Gasteiger partial charge on any atom is -0.493 e. The lowest BCUT2D eigenvalue weighted by Gasteiger charge is -2.13. The van der Waals surface area contributed by atoms with Crippen LogP contribution in [0.15, 0.2) is 48.5 Å². The van der Waals surface area contributed by atoms with Gasteiger partial charge >= 0.3 is 0 Å². The van der Waals surface area contributed by atoms with Crippen molar-refractivity contribution in [2.45, 2.75) is 19.9 Å². The van der Waals surface area contributed by atoms with Crippen LogP contribution >= 0.6 is 0 Å². The Hall–Kier alpha value is -1.80. The summed E-state index contributed by atoms with van der Waals surface area (Å²) in [7, 11) is 1.98. The summed E-state index contributed by atoms with van der Waals surface area (Å²) in [6.07, 6.45) is 0. The van der Waals surface area contributed by atoms with Crippen molar-refractivity contribution >= 4 is 0 Å². The Bertz CT molecular complexity index is 519. The summed E-state index contributed by atoms with van der Waals surface area (Å²) < 4.78 is 5.68. The van der Waals surface area contributed by atoms with Gasteiger partial charge in [0.2, 0.25) is 0 Å². The summed E-state index contributed by atoms with van der Waals surface area (Å²) in [5.74, 6) is 0.944. The van der Waals surface area contributed by atoms with Crippen LogP contribution in [0.4, 0.5) is 0 Å². The van der Waals surface area contributed by atoms with Gasteiger partial charge in [0.15, 0.2) is 0 Å². The summed E-state index contributed by atoms with van der Waals surface area (Å²) >= 11 is 0. The molecule has 0 radical (unpaired) electrons. The first-order valence-corrected chi connectivity index (χ1v) is 6.75. The summed E-state index contributed by atoms with van der Waals surface area (Å²) in [6.45, 7) is 4.85. The fourth-order valence-electron chi connectivity index (χ4n) is 2.10. The van der Waals surface area contributed by atoms with Crippen LogP contribution in [0.5, 0.6) is 5.75 Å². The van der Waals surface area contributed by atoms with E-state index in [2.05, 4.69) is 42.6 Å². The number of hydrogen-bond donors (Lipinski definition) is 1. The first-order chi connectivity index (χ1) is 9.26. The molecule has 2 rings (SSSR count). The van der Waals surface area contributed by atoms with Gasteiger partial charge in [0, 0.05) is 11.6 Å². The summed E-state index contributed by atoms with van der Waals surface area (Å²) in [4.78, 5) is 0. The highest BCUT2D eigenvalue weighted by Crippen LogP contribution is 2.30. The van der Waals surface area contributed by atoms with Crippen LogP contribution in [-0.2, 0) is 0 Å². The highest BCUT2D eigenvalue weighted by atomic mass is 16.5. The smallest absolute Gasteiger partial charge is 0.127 e. The van der Waals surface area contributed by atoms with Crippen molar-refractivity contribution in [3.05, 3.63) is 54.1 Å². The van der Waals surface area contributed by atoms with Crippen LogP contribution in [-0.4, -0.2) is 13.7 Å².